The molecule has 0 unspecified atom stereocenters. The van der Waals surface area contributed by atoms with E-state index in [0.717, 1.165) is 42.6 Å². The molecule has 6 nitrogen and oxygen atoms in total. The summed E-state index contributed by atoms with van der Waals surface area (Å²) in [6.07, 6.45) is 7.65. The van der Waals surface area contributed by atoms with Crippen molar-refractivity contribution in [3.63, 3.8) is 0 Å². The van der Waals surface area contributed by atoms with E-state index in [1.807, 2.05) is 22.2 Å². The molecule has 3 aromatic heterocycles. The Hall–Kier alpha value is -1.99. The van der Waals surface area contributed by atoms with Crippen LogP contribution in [0.4, 0.5) is 0 Å². The van der Waals surface area contributed by atoms with Gasteiger partial charge in [0.1, 0.15) is 18.9 Å². The Morgan fingerprint density at radius 3 is 3.22 bits per heavy atom. The van der Waals surface area contributed by atoms with Gasteiger partial charge >= 0.3 is 0 Å². The molecule has 7 heteroatoms. The lowest BCUT2D eigenvalue weighted by molar-refractivity contribution is 0.151. The second kappa shape index (κ2) is 6.64. The first-order chi connectivity index (χ1) is 11.4. The van der Waals surface area contributed by atoms with Gasteiger partial charge in [0.2, 0.25) is 5.89 Å². The smallest absolute Gasteiger partial charge is 0.236 e. The van der Waals surface area contributed by atoms with Crippen LogP contribution in [-0.4, -0.2) is 37.7 Å². The lowest BCUT2D eigenvalue weighted by Crippen LogP contribution is -2.36. The van der Waals surface area contributed by atoms with Crippen LogP contribution in [0.15, 0.2) is 40.8 Å². The van der Waals surface area contributed by atoms with Gasteiger partial charge in [-0.3, -0.25) is 9.58 Å². The van der Waals surface area contributed by atoms with Gasteiger partial charge in [0, 0.05) is 19.6 Å². The number of rotatable bonds is 5. The summed E-state index contributed by atoms with van der Waals surface area (Å²) in [5.74, 6) is 1.35. The molecule has 4 heterocycles. The molecule has 0 radical (unpaired) electrons. The van der Waals surface area contributed by atoms with Gasteiger partial charge in [0.25, 0.3) is 0 Å². The first-order valence-corrected chi connectivity index (χ1v) is 8.78. The monoisotopic (exact) mass is 329 g/mol. The fourth-order valence-corrected chi connectivity index (χ4v) is 3.81. The molecular formula is C16H19N5OS. The van der Waals surface area contributed by atoms with Crippen LogP contribution in [0.5, 0.6) is 0 Å². The van der Waals surface area contributed by atoms with Crippen LogP contribution in [-0.2, 0) is 13.1 Å². The van der Waals surface area contributed by atoms with Gasteiger partial charge in [-0.2, -0.15) is 5.10 Å². The standard InChI is InChI=1S/C16H19N5OS/c1-3-13(8-21-12-17-11-18-21)7-20(5-1)9-14-10-22-16(19-14)15-4-2-6-23-15/h2,4,6,10-13H,1,3,5,7-9H2/t13-/m0/s1. The second-order valence-corrected chi connectivity index (χ2v) is 6.93. The van der Waals surface area contributed by atoms with Gasteiger partial charge in [-0.05, 0) is 36.8 Å². The zero-order chi connectivity index (χ0) is 15.5. The predicted molar refractivity (Wildman–Crippen MR) is 87.8 cm³/mol. The van der Waals surface area contributed by atoms with Crippen molar-refractivity contribution in [2.24, 2.45) is 5.92 Å². The van der Waals surface area contributed by atoms with Crippen LogP contribution >= 0.6 is 11.3 Å². The van der Waals surface area contributed by atoms with Crippen molar-refractivity contribution in [1.29, 1.82) is 0 Å². The van der Waals surface area contributed by atoms with Gasteiger partial charge in [-0.1, -0.05) is 6.07 Å². The highest BCUT2D eigenvalue weighted by molar-refractivity contribution is 7.13. The maximum Gasteiger partial charge on any atom is 0.236 e. The average Bonchev–Trinajstić information content (AvgIpc) is 3.30. The molecular weight excluding hydrogens is 310 g/mol. The molecule has 0 saturated carbocycles. The van der Waals surface area contributed by atoms with Crippen LogP contribution < -0.4 is 0 Å². The molecule has 0 bridgehead atoms. The third-order valence-electron chi connectivity index (χ3n) is 4.18. The molecule has 0 amide bonds. The SMILES string of the molecule is c1csc(-c2nc(CN3CCC[C@H](Cn4cncn4)C3)co2)c1. The molecule has 23 heavy (non-hydrogen) atoms. The largest absolute Gasteiger partial charge is 0.444 e. The highest BCUT2D eigenvalue weighted by atomic mass is 32.1. The van der Waals surface area contributed by atoms with Crippen LogP contribution in [0.2, 0.25) is 0 Å². The Bertz CT molecular complexity index is 722. The van der Waals surface area contributed by atoms with E-state index >= 15 is 0 Å². The highest BCUT2D eigenvalue weighted by Gasteiger charge is 2.21. The zero-order valence-electron chi connectivity index (χ0n) is 12.8. The molecule has 0 aromatic carbocycles. The molecule has 1 atom stereocenters. The maximum absolute atomic E-state index is 5.61. The summed E-state index contributed by atoms with van der Waals surface area (Å²) in [6.45, 7) is 3.98. The van der Waals surface area contributed by atoms with E-state index in [9.17, 15) is 0 Å². The fourth-order valence-electron chi connectivity index (χ4n) is 3.16. The Morgan fingerprint density at radius 1 is 1.39 bits per heavy atom. The van der Waals surface area contributed by atoms with E-state index in [4.69, 9.17) is 4.42 Å². The van der Waals surface area contributed by atoms with E-state index in [1.165, 1.54) is 12.8 Å². The molecule has 120 valence electrons. The molecule has 1 saturated heterocycles. The van der Waals surface area contributed by atoms with Gasteiger partial charge in [-0.15, -0.1) is 11.3 Å². The lowest BCUT2D eigenvalue weighted by atomic mass is 9.98. The van der Waals surface area contributed by atoms with Gasteiger partial charge in [0.15, 0.2) is 0 Å². The first-order valence-electron chi connectivity index (χ1n) is 7.90. The van der Waals surface area contributed by atoms with Crippen LogP contribution in [0.3, 0.4) is 0 Å². The summed E-state index contributed by atoms with van der Waals surface area (Å²) in [6, 6.07) is 4.05. The Labute approximate surface area is 138 Å². The summed E-state index contributed by atoms with van der Waals surface area (Å²) >= 11 is 1.65. The number of piperidine rings is 1. The van der Waals surface area contributed by atoms with Crippen molar-refractivity contribution < 1.29 is 4.42 Å². The summed E-state index contributed by atoms with van der Waals surface area (Å²) in [4.78, 5) is 12.2. The van der Waals surface area contributed by atoms with Crippen molar-refractivity contribution in [3.05, 3.63) is 42.1 Å². The van der Waals surface area contributed by atoms with E-state index in [0.29, 0.717) is 5.92 Å². The number of aromatic nitrogens is 4. The van der Waals surface area contributed by atoms with Gasteiger partial charge in [-0.25, -0.2) is 9.97 Å². The molecule has 0 spiro atoms. The molecule has 1 fully saturated rings. The predicted octanol–water partition coefficient (Wildman–Crippen LogP) is 2.91. The first kappa shape index (κ1) is 14.6. The fraction of sp³-hybridized carbons (Fsp3) is 0.438. The minimum absolute atomic E-state index is 0.620. The van der Waals surface area contributed by atoms with E-state index in [1.54, 1.807) is 30.3 Å². The van der Waals surface area contributed by atoms with E-state index in [2.05, 4.69) is 20.0 Å². The molecule has 3 aromatic rings. The number of likely N-dealkylation sites (tertiary alicyclic amines) is 1. The number of hydrogen-bond acceptors (Lipinski definition) is 6. The molecule has 1 aliphatic rings. The number of oxazole rings is 1. The van der Waals surface area contributed by atoms with Crippen molar-refractivity contribution in [1.82, 2.24) is 24.6 Å². The van der Waals surface area contributed by atoms with Gasteiger partial charge < -0.3 is 4.42 Å². The van der Waals surface area contributed by atoms with Crippen LogP contribution in [0.25, 0.3) is 10.8 Å². The van der Waals surface area contributed by atoms with E-state index in [-0.39, 0.29) is 0 Å². The second-order valence-electron chi connectivity index (χ2n) is 5.98. The summed E-state index contributed by atoms with van der Waals surface area (Å²) in [7, 11) is 0. The molecule has 1 aliphatic heterocycles. The van der Waals surface area contributed by atoms with E-state index < -0.39 is 0 Å². The Morgan fingerprint density at radius 2 is 2.39 bits per heavy atom. The summed E-state index contributed by atoms with van der Waals surface area (Å²) in [5, 5.41) is 6.25. The van der Waals surface area contributed by atoms with Crippen LogP contribution in [0.1, 0.15) is 18.5 Å². The van der Waals surface area contributed by atoms with Crippen molar-refractivity contribution in [3.8, 4) is 10.8 Å². The number of thiophene rings is 1. The molecule has 0 aliphatic carbocycles. The summed E-state index contributed by atoms with van der Waals surface area (Å²) < 4.78 is 7.54. The Kier molecular flexibility index (Phi) is 4.21. The van der Waals surface area contributed by atoms with Gasteiger partial charge in [0.05, 0.1) is 10.6 Å². The highest BCUT2D eigenvalue weighted by Crippen LogP contribution is 2.25. The van der Waals surface area contributed by atoms with Crippen LogP contribution in [0, 0.1) is 5.92 Å². The third-order valence-corrected chi connectivity index (χ3v) is 5.04. The summed E-state index contributed by atoms with van der Waals surface area (Å²) in [5.41, 5.74) is 1.01. The minimum atomic E-state index is 0.620. The minimum Gasteiger partial charge on any atom is -0.444 e. The number of hydrogen-bond donors (Lipinski definition) is 0. The Balaban J connectivity index is 1.37. The zero-order valence-corrected chi connectivity index (χ0v) is 13.7. The topological polar surface area (TPSA) is 60.0 Å². The average molecular weight is 329 g/mol. The van der Waals surface area contributed by atoms with Crippen molar-refractivity contribution in [2.45, 2.75) is 25.9 Å². The lowest BCUT2D eigenvalue weighted by Gasteiger charge is -2.31. The molecule has 4 rings (SSSR count). The quantitative estimate of drug-likeness (QED) is 0.720. The van der Waals surface area contributed by atoms with Crippen molar-refractivity contribution >= 4 is 11.3 Å². The van der Waals surface area contributed by atoms with Crippen molar-refractivity contribution in [2.75, 3.05) is 13.1 Å². The molecule has 0 N–H and O–H groups in total. The maximum atomic E-state index is 5.61. The number of nitrogens with zero attached hydrogens (tertiary/aromatic N) is 5. The third kappa shape index (κ3) is 3.51. The normalized spacial score (nSPS) is 19.2.